The number of aliphatic hydroxyl groups excluding tert-OH is 3. The Morgan fingerprint density at radius 3 is 2.29 bits per heavy atom. The van der Waals surface area contributed by atoms with Crippen LogP contribution in [0.25, 0.3) is 0 Å². The van der Waals surface area contributed by atoms with Crippen molar-refractivity contribution in [3.8, 4) is 0 Å². The molecular weight excluding hydrogens is 240 g/mol. The lowest BCUT2D eigenvalue weighted by Gasteiger charge is -2.38. The van der Waals surface area contributed by atoms with E-state index in [4.69, 9.17) is 4.74 Å². The van der Waals surface area contributed by atoms with E-state index in [9.17, 15) is 15.3 Å². The molecule has 0 radical (unpaired) electrons. The van der Waals surface area contributed by atoms with Crippen LogP contribution in [0.2, 0.25) is 0 Å². The van der Waals surface area contributed by atoms with E-state index in [2.05, 4.69) is 0 Å². The molecule has 94 valence electrons. The van der Waals surface area contributed by atoms with Gasteiger partial charge >= 0.3 is 0 Å². The molecule has 0 aromatic heterocycles. The third-order valence-electron chi connectivity index (χ3n) is 2.80. The number of ether oxygens (including phenoxy) is 1. The highest BCUT2D eigenvalue weighted by Gasteiger charge is 2.42. The predicted molar refractivity (Wildman–Crippen MR) is 64.7 cm³/mol. The van der Waals surface area contributed by atoms with Crippen LogP contribution in [0.4, 0.5) is 0 Å². The summed E-state index contributed by atoms with van der Waals surface area (Å²) < 4.78 is 5.49. The molecule has 1 fully saturated rings. The van der Waals surface area contributed by atoms with E-state index >= 15 is 0 Å². The summed E-state index contributed by atoms with van der Waals surface area (Å²) in [4.78, 5) is 0.951. The molecule has 1 aromatic rings. The van der Waals surface area contributed by atoms with Crippen LogP contribution >= 0.6 is 11.8 Å². The minimum atomic E-state index is -1.17. The Bertz CT molecular complexity index is 359. The zero-order valence-corrected chi connectivity index (χ0v) is 10.2. The predicted octanol–water partition coefficient (Wildman–Crippen LogP) is 0.606. The van der Waals surface area contributed by atoms with Crippen LogP contribution in [0.1, 0.15) is 6.92 Å². The maximum atomic E-state index is 9.83. The molecule has 2 rings (SSSR count). The Hall–Kier alpha value is -0.590. The van der Waals surface area contributed by atoms with Gasteiger partial charge in [-0.2, -0.15) is 0 Å². The molecule has 0 bridgehead atoms. The largest absolute Gasteiger partial charge is 0.388 e. The molecule has 1 aromatic carbocycles. The maximum Gasteiger partial charge on any atom is 0.136 e. The Morgan fingerprint density at radius 1 is 1.00 bits per heavy atom. The average Bonchev–Trinajstić information content (AvgIpc) is 2.35. The van der Waals surface area contributed by atoms with E-state index in [1.54, 1.807) is 6.92 Å². The Morgan fingerprint density at radius 2 is 1.65 bits per heavy atom. The van der Waals surface area contributed by atoms with Gasteiger partial charge in [0.1, 0.15) is 23.7 Å². The van der Waals surface area contributed by atoms with E-state index in [1.807, 2.05) is 30.3 Å². The summed E-state index contributed by atoms with van der Waals surface area (Å²) in [5.74, 6) is 0. The number of rotatable bonds is 2. The number of hydrogen-bond acceptors (Lipinski definition) is 5. The third kappa shape index (κ3) is 2.81. The first-order valence-electron chi connectivity index (χ1n) is 5.51. The Balaban J connectivity index is 2.06. The van der Waals surface area contributed by atoms with Crippen LogP contribution in [-0.2, 0) is 4.74 Å². The smallest absolute Gasteiger partial charge is 0.136 e. The molecule has 1 aliphatic heterocycles. The van der Waals surface area contributed by atoms with Crippen LogP contribution in [0.5, 0.6) is 0 Å². The molecule has 1 aliphatic rings. The van der Waals surface area contributed by atoms with Crippen molar-refractivity contribution in [3.05, 3.63) is 30.3 Å². The highest BCUT2D eigenvalue weighted by Crippen LogP contribution is 2.32. The lowest BCUT2D eigenvalue weighted by Crippen LogP contribution is -2.55. The minimum absolute atomic E-state index is 0.491. The molecule has 1 heterocycles. The quantitative estimate of drug-likeness (QED) is 0.723. The fourth-order valence-electron chi connectivity index (χ4n) is 1.74. The van der Waals surface area contributed by atoms with Gasteiger partial charge < -0.3 is 20.1 Å². The fourth-order valence-corrected chi connectivity index (χ4v) is 2.86. The monoisotopic (exact) mass is 256 g/mol. The number of thioether (sulfide) groups is 1. The highest BCUT2D eigenvalue weighted by molar-refractivity contribution is 7.99. The number of aliphatic hydroxyl groups is 3. The lowest BCUT2D eigenvalue weighted by atomic mass is 10.0. The summed E-state index contributed by atoms with van der Waals surface area (Å²) in [7, 11) is 0. The van der Waals surface area contributed by atoms with Crippen LogP contribution < -0.4 is 0 Å². The second kappa shape index (κ2) is 5.37. The van der Waals surface area contributed by atoms with Gasteiger partial charge in [-0.15, -0.1) is 0 Å². The van der Waals surface area contributed by atoms with Gasteiger partial charge in [0.25, 0.3) is 0 Å². The van der Waals surface area contributed by atoms with Crippen LogP contribution in [0.15, 0.2) is 35.2 Å². The molecule has 0 spiro atoms. The Labute approximate surface area is 104 Å². The highest BCUT2D eigenvalue weighted by atomic mass is 32.2. The topological polar surface area (TPSA) is 69.9 Å². The van der Waals surface area contributed by atoms with Crippen molar-refractivity contribution < 1.29 is 20.1 Å². The number of benzene rings is 1. The van der Waals surface area contributed by atoms with Crippen LogP contribution in [0, 0.1) is 0 Å². The molecule has 0 aliphatic carbocycles. The van der Waals surface area contributed by atoms with Gasteiger partial charge in [0.15, 0.2) is 0 Å². The molecule has 3 N–H and O–H groups in total. The van der Waals surface area contributed by atoms with E-state index in [-0.39, 0.29) is 0 Å². The van der Waals surface area contributed by atoms with Crippen molar-refractivity contribution in [3.63, 3.8) is 0 Å². The minimum Gasteiger partial charge on any atom is -0.388 e. The molecule has 1 saturated heterocycles. The molecular formula is C12H16O4S. The van der Waals surface area contributed by atoms with Gasteiger partial charge in [-0.1, -0.05) is 30.0 Å². The Kier molecular flexibility index (Phi) is 4.06. The van der Waals surface area contributed by atoms with Gasteiger partial charge in [0.05, 0.1) is 6.10 Å². The van der Waals surface area contributed by atoms with Crippen molar-refractivity contribution in [1.29, 1.82) is 0 Å². The summed E-state index contributed by atoms with van der Waals surface area (Å²) in [6, 6.07) is 9.51. The van der Waals surface area contributed by atoms with Crippen molar-refractivity contribution in [2.24, 2.45) is 0 Å². The second-order valence-electron chi connectivity index (χ2n) is 4.11. The van der Waals surface area contributed by atoms with Crippen LogP contribution in [-0.4, -0.2) is 45.2 Å². The summed E-state index contributed by atoms with van der Waals surface area (Å²) in [6.07, 6.45) is -3.79. The average molecular weight is 256 g/mol. The van der Waals surface area contributed by atoms with E-state index in [0.717, 1.165) is 4.90 Å². The first-order valence-corrected chi connectivity index (χ1v) is 6.39. The van der Waals surface area contributed by atoms with E-state index < -0.39 is 29.9 Å². The molecule has 0 saturated carbocycles. The maximum absolute atomic E-state index is 9.83. The first-order chi connectivity index (χ1) is 8.09. The molecule has 17 heavy (non-hydrogen) atoms. The van der Waals surface area contributed by atoms with E-state index in [0.29, 0.717) is 0 Å². The summed E-state index contributed by atoms with van der Waals surface area (Å²) in [6.45, 7) is 1.68. The summed E-state index contributed by atoms with van der Waals surface area (Å²) in [5.41, 5.74) is -0.564. The normalized spacial score (nSPS) is 38.0. The van der Waals surface area contributed by atoms with Crippen molar-refractivity contribution in [2.75, 3.05) is 0 Å². The van der Waals surface area contributed by atoms with Gasteiger partial charge in [0, 0.05) is 4.90 Å². The summed E-state index contributed by atoms with van der Waals surface area (Å²) >= 11 is 1.34. The zero-order chi connectivity index (χ0) is 12.4. The SMILES string of the molecule is C[C@@H]1O[C@H](Sc2ccccc2)[C@@H](O)[C@H](O)[C@@H]1O. The first kappa shape index (κ1) is 12.9. The van der Waals surface area contributed by atoms with Gasteiger partial charge in [-0.3, -0.25) is 0 Å². The fraction of sp³-hybridized carbons (Fsp3) is 0.500. The third-order valence-corrected chi connectivity index (χ3v) is 3.97. The standard InChI is InChI=1S/C12H16O4S/c1-7-9(13)10(14)11(15)12(16-7)17-8-5-3-2-4-6-8/h2-7,9-15H,1H3/t7-,9+,10+,11-,12+/m0/s1. The van der Waals surface area contributed by atoms with Gasteiger partial charge in [-0.05, 0) is 19.1 Å². The molecule has 5 atom stereocenters. The molecule has 5 heteroatoms. The summed E-state index contributed by atoms with van der Waals surface area (Å²) in [5, 5.41) is 29.1. The molecule has 0 unspecified atom stereocenters. The zero-order valence-electron chi connectivity index (χ0n) is 9.43. The van der Waals surface area contributed by atoms with Gasteiger partial charge in [0.2, 0.25) is 0 Å². The van der Waals surface area contributed by atoms with Crippen molar-refractivity contribution in [1.82, 2.24) is 0 Å². The molecule has 4 nitrogen and oxygen atoms in total. The van der Waals surface area contributed by atoms with Crippen molar-refractivity contribution in [2.45, 2.75) is 41.7 Å². The van der Waals surface area contributed by atoms with Crippen molar-refractivity contribution >= 4 is 11.8 Å². The van der Waals surface area contributed by atoms with Crippen LogP contribution in [0.3, 0.4) is 0 Å². The lowest BCUT2D eigenvalue weighted by molar-refractivity contribution is -0.192. The second-order valence-corrected chi connectivity index (χ2v) is 5.28. The number of hydrogen-bond donors (Lipinski definition) is 3. The van der Waals surface area contributed by atoms with Gasteiger partial charge in [-0.25, -0.2) is 0 Å². The van der Waals surface area contributed by atoms with E-state index in [1.165, 1.54) is 11.8 Å². The molecule has 0 amide bonds.